The molecule has 0 atom stereocenters. The summed E-state index contributed by atoms with van der Waals surface area (Å²) in [6.45, 7) is 3.05. The van der Waals surface area contributed by atoms with Crippen molar-refractivity contribution in [3.63, 3.8) is 0 Å². The molecule has 1 heterocycles. The van der Waals surface area contributed by atoms with Gasteiger partial charge >= 0.3 is 0 Å². The molecule has 2 fully saturated rings. The molecule has 0 aromatic carbocycles. The van der Waals surface area contributed by atoms with Crippen LogP contribution in [0, 0.1) is 11.8 Å². The Morgan fingerprint density at radius 1 is 1.28 bits per heavy atom. The monoisotopic (exact) mass is 271 g/mol. The van der Waals surface area contributed by atoms with Crippen molar-refractivity contribution in [1.82, 2.24) is 5.32 Å². The first-order chi connectivity index (χ1) is 8.60. The van der Waals surface area contributed by atoms with E-state index in [1.807, 2.05) is 11.8 Å². The average Bonchev–Trinajstić information content (AvgIpc) is 2.38. The minimum atomic E-state index is -1.09. The predicted molar refractivity (Wildman–Crippen MR) is 75.6 cm³/mol. The van der Waals surface area contributed by atoms with E-state index in [1.165, 1.54) is 25.7 Å². The summed E-state index contributed by atoms with van der Waals surface area (Å²) in [5.74, 6) is 3.11. The Morgan fingerprint density at radius 3 is 2.50 bits per heavy atom. The zero-order valence-electron chi connectivity index (χ0n) is 11.3. The maximum absolute atomic E-state index is 12.1. The summed E-state index contributed by atoms with van der Waals surface area (Å²) in [6.07, 6.45) is 6.20. The lowest BCUT2D eigenvalue weighted by Gasteiger charge is -2.32. The minimum Gasteiger partial charge on any atom is -0.380 e. The van der Waals surface area contributed by atoms with Crippen LogP contribution in [-0.2, 0) is 4.79 Å². The van der Waals surface area contributed by atoms with Gasteiger partial charge in [0.05, 0.1) is 0 Å². The molecular formula is C14H25NO2S. The number of nitrogens with one attached hydrogen (secondary N) is 1. The topological polar surface area (TPSA) is 49.3 Å². The van der Waals surface area contributed by atoms with Crippen molar-refractivity contribution in [2.24, 2.45) is 11.8 Å². The summed E-state index contributed by atoms with van der Waals surface area (Å²) < 4.78 is 0. The molecule has 1 amide bonds. The van der Waals surface area contributed by atoms with E-state index in [0.29, 0.717) is 18.8 Å². The molecule has 0 aromatic rings. The Labute approximate surface area is 114 Å². The first-order valence-electron chi connectivity index (χ1n) is 7.18. The lowest BCUT2D eigenvalue weighted by molar-refractivity contribution is -0.140. The average molecular weight is 271 g/mol. The van der Waals surface area contributed by atoms with Crippen molar-refractivity contribution in [3.05, 3.63) is 0 Å². The van der Waals surface area contributed by atoms with Gasteiger partial charge in [0.2, 0.25) is 0 Å². The number of thioether (sulfide) groups is 1. The van der Waals surface area contributed by atoms with Crippen LogP contribution < -0.4 is 5.32 Å². The highest BCUT2D eigenvalue weighted by molar-refractivity contribution is 7.99. The highest BCUT2D eigenvalue weighted by Crippen LogP contribution is 2.29. The Morgan fingerprint density at radius 2 is 1.89 bits per heavy atom. The van der Waals surface area contributed by atoms with Gasteiger partial charge in [0.1, 0.15) is 5.60 Å². The van der Waals surface area contributed by atoms with Gasteiger partial charge in [-0.05, 0) is 49.0 Å². The maximum atomic E-state index is 12.1. The van der Waals surface area contributed by atoms with Crippen molar-refractivity contribution in [2.45, 2.75) is 51.0 Å². The van der Waals surface area contributed by atoms with Crippen molar-refractivity contribution in [2.75, 3.05) is 18.1 Å². The zero-order valence-corrected chi connectivity index (χ0v) is 12.1. The number of rotatable bonds is 3. The Hall–Kier alpha value is -0.220. The van der Waals surface area contributed by atoms with E-state index < -0.39 is 5.60 Å². The zero-order chi connectivity index (χ0) is 13.0. The largest absolute Gasteiger partial charge is 0.380 e. The van der Waals surface area contributed by atoms with E-state index in [-0.39, 0.29) is 5.91 Å². The molecule has 1 aliphatic heterocycles. The first-order valence-corrected chi connectivity index (χ1v) is 8.34. The Balaban J connectivity index is 1.74. The molecule has 0 bridgehead atoms. The molecule has 0 radical (unpaired) electrons. The van der Waals surface area contributed by atoms with E-state index in [9.17, 15) is 9.90 Å². The number of hydrogen-bond acceptors (Lipinski definition) is 3. The molecule has 4 heteroatoms. The van der Waals surface area contributed by atoms with Gasteiger partial charge in [0, 0.05) is 6.54 Å². The highest BCUT2D eigenvalue weighted by Gasteiger charge is 2.37. The molecule has 18 heavy (non-hydrogen) atoms. The third-order valence-electron chi connectivity index (χ3n) is 4.43. The van der Waals surface area contributed by atoms with E-state index >= 15 is 0 Å². The van der Waals surface area contributed by atoms with Crippen LogP contribution in [-0.4, -0.2) is 34.7 Å². The van der Waals surface area contributed by atoms with Crippen molar-refractivity contribution in [1.29, 1.82) is 0 Å². The molecule has 2 aliphatic rings. The molecule has 0 unspecified atom stereocenters. The van der Waals surface area contributed by atoms with Crippen LogP contribution in [0.25, 0.3) is 0 Å². The van der Waals surface area contributed by atoms with Gasteiger partial charge in [-0.25, -0.2) is 0 Å². The second kappa shape index (κ2) is 6.29. The van der Waals surface area contributed by atoms with Crippen molar-refractivity contribution < 1.29 is 9.90 Å². The Bertz CT molecular complexity index is 282. The lowest BCUT2D eigenvalue weighted by atomic mass is 9.83. The molecular weight excluding hydrogens is 246 g/mol. The number of carbonyl (C=O) groups excluding carboxylic acids is 1. The van der Waals surface area contributed by atoms with Crippen LogP contribution in [0.5, 0.6) is 0 Å². The fourth-order valence-electron chi connectivity index (χ4n) is 2.87. The SMILES string of the molecule is CC1CCC(CNC(=O)C2(O)CCSCC2)CC1. The molecule has 104 valence electrons. The quantitative estimate of drug-likeness (QED) is 0.827. The van der Waals surface area contributed by atoms with Crippen LogP contribution >= 0.6 is 11.8 Å². The smallest absolute Gasteiger partial charge is 0.252 e. The van der Waals surface area contributed by atoms with Gasteiger partial charge in [0.15, 0.2) is 0 Å². The van der Waals surface area contributed by atoms with Gasteiger partial charge in [-0.2, -0.15) is 11.8 Å². The molecule has 1 saturated heterocycles. The van der Waals surface area contributed by atoms with Crippen molar-refractivity contribution in [3.8, 4) is 0 Å². The van der Waals surface area contributed by atoms with Crippen LogP contribution in [0.2, 0.25) is 0 Å². The molecule has 2 rings (SSSR count). The normalized spacial score (nSPS) is 31.9. The predicted octanol–water partition coefficient (Wildman–Crippen LogP) is 2.19. The van der Waals surface area contributed by atoms with Crippen molar-refractivity contribution >= 4 is 17.7 Å². The lowest BCUT2D eigenvalue weighted by Crippen LogP contribution is -2.50. The number of carbonyl (C=O) groups is 1. The fraction of sp³-hybridized carbons (Fsp3) is 0.929. The van der Waals surface area contributed by atoms with Crippen LogP contribution in [0.3, 0.4) is 0 Å². The maximum Gasteiger partial charge on any atom is 0.252 e. The summed E-state index contributed by atoms with van der Waals surface area (Å²) in [4.78, 5) is 12.1. The highest BCUT2D eigenvalue weighted by atomic mass is 32.2. The molecule has 0 spiro atoms. The van der Waals surface area contributed by atoms with E-state index in [2.05, 4.69) is 12.2 Å². The summed E-state index contributed by atoms with van der Waals surface area (Å²) in [5, 5.41) is 13.3. The molecule has 0 aromatic heterocycles. The van der Waals surface area contributed by atoms with E-state index in [4.69, 9.17) is 0 Å². The number of aliphatic hydroxyl groups is 1. The van der Waals surface area contributed by atoms with Gasteiger partial charge in [-0.1, -0.05) is 19.8 Å². The van der Waals surface area contributed by atoms with Crippen LogP contribution in [0.4, 0.5) is 0 Å². The Kier molecular flexibility index (Phi) is 4.96. The molecule has 2 N–H and O–H groups in total. The van der Waals surface area contributed by atoms with Gasteiger partial charge in [0.25, 0.3) is 5.91 Å². The summed E-state index contributed by atoms with van der Waals surface area (Å²) in [5.41, 5.74) is -1.09. The molecule has 1 aliphatic carbocycles. The van der Waals surface area contributed by atoms with Crippen LogP contribution in [0.1, 0.15) is 45.4 Å². The number of amides is 1. The summed E-state index contributed by atoms with van der Waals surface area (Å²) in [6, 6.07) is 0. The molecule has 3 nitrogen and oxygen atoms in total. The second-order valence-corrected chi connectivity index (χ2v) is 7.20. The number of hydrogen-bond donors (Lipinski definition) is 2. The van der Waals surface area contributed by atoms with Gasteiger partial charge in [-0.3, -0.25) is 4.79 Å². The standard InChI is InChI=1S/C14H25NO2S/c1-11-2-4-12(5-3-11)10-15-13(16)14(17)6-8-18-9-7-14/h11-12,17H,2-10H2,1H3,(H,15,16). The minimum absolute atomic E-state index is 0.138. The summed E-state index contributed by atoms with van der Waals surface area (Å²) in [7, 11) is 0. The summed E-state index contributed by atoms with van der Waals surface area (Å²) >= 11 is 1.82. The first kappa shape index (κ1) is 14.2. The van der Waals surface area contributed by atoms with Crippen LogP contribution in [0.15, 0.2) is 0 Å². The fourth-order valence-corrected chi connectivity index (χ4v) is 4.04. The van der Waals surface area contributed by atoms with E-state index in [0.717, 1.165) is 24.0 Å². The molecule has 1 saturated carbocycles. The third-order valence-corrected chi connectivity index (χ3v) is 5.41. The van der Waals surface area contributed by atoms with E-state index in [1.54, 1.807) is 0 Å². The van der Waals surface area contributed by atoms with Gasteiger partial charge < -0.3 is 10.4 Å². The second-order valence-electron chi connectivity index (χ2n) is 5.98. The third kappa shape index (κ3) is 3.64. The van der Waals surface area contributed by atoms with Gasteiger partial charge in [-0.15, -0.1) is 0 Å².